The molecule has 2 N–H and O–H groups in total. The number of nitro benzene ring substituents is 1. The van der Waals surface area contributed by atoms with E-state index < -0.39 is 4.92 Å². The van der Waals surface area contributed by atoms with Gasteiger partial charge in [0.2, 0.25) is 0 Å². The summed E-state index contributed by atoms with van der Waals surface area (Å²) in [6, 6.07) is 4.67. The van der Waals surface area contributed by atoms with Gasteiger partial charge in [0.1, 0.15) is 0 Å². The third-order valence-corrected chi connectivity index (χ3v) is 4.43. The largest absolute Gasteiger partial charge is 0.312 e. The summed E-state index contributed by atoms with van der Waals surface area (Å²) in [5.74, 6) is -0.203. The first-order chi connectivity index (χ1) is 11.1. The van der Waals surface area contributed by atoms with Crippen LogP contribution in [0.4, 0.5) is 11.4 Å². The van der Waals surface area contributed by atoms with Crippen LogP contribution in [0.25, 0.3) is 0 Å². The molecule has 126 valence electrons. The number of nitrogens with one attached hydrogen (secondary N) is 2. The van der Waals surface area contributed by atoms with Gasteiger partial charge in [0, 0.05) is 49.4 Å². The first-order valence-corrected chi connectivity index (χ1v) is 7.51. The topological polar surface area (TPSA) is 104 Å². The molecule has 2 aliphatic heterocycles. The van der Waals surface area contributed by atoms with E-state index in [1.54, 1.807) is 11.0 Å². The van der Waals surface area contributed by atoms with Crippen molar-refractivity contribution in [1.29, 1.82) is 0 Å². The van der Waals surface area contributed by atoms with Crippen molar-refractivity contribution in [2.45, 2.75) is 19.4 Å². The fraction of sp³-hybridized carbons (Fsp3) is 0.333. The van der Waals surface area contributed by atoms with E-state index in [1.165, 1.54) is 12.1 Å². The maximum Gasteiger partial charge on any atom is 0.279 e. The van der Waals surface area contributed by atoms with E-state index in [0.29, 0.717) is 30.9 Å². The summed E-state index contributed by atoms with van der Waals surface area (Å²) in [7, 11) is 0. The number of amides is 1. The number of H-pyrrole nitrogens is 1. The van der Waals surface area contributed by atoms with Crippen LogP contribution in [-0.2, 0) is 19.4 Å². The molecule has 0 fully saturated rings. The molecule has 0 radical (unpaired) electrons. The van der Waals surface area contributed by atoms with E-state index >= 15 is 0 Å². The second-order valence-electron chi connectivity index (χ2n) is 5.73. The summed E-state index contributed by atoms with van der Waals surface area (Å²) in [4.78, 5) is 25.0. The maximum atomic E-state index is 12.9. The van der Waals surface area contributed by atoms with Crippen molar-refractivity contribution in [3.63, 3.8) is 0 Å². The molecule has 8 nitrogen and oxygen atoms in total. The molecule has 0 saturated heterocycles. The number of carbonyl (C=O) groups is 1. The standard InChI is InChI=1S/C15H15N5O3.ClH/c21-15(14-11-8-16-5-3-12(11)17-18-14)19-6-4-9-1-2-10(20(22)23)7-13(9)19;/h1-2,7,16H,3-6,8H2,(H,17,18);1H. The quantitative estimate of drug-likeness (QED) is 0.633. The second kappa shape index (κ2) is 6.21. The molecule has 1 aromatic carbocycles. The second-order valence-corrected chi connectivity index (χ2v) is 5.73. The van der Waals surface area contributed by atoms with Gasteiger partial charge in [-0.3, -0.25) is 20.0 Å². The fourth-order valence-corrected chi connectivity index (χ4v) is 3.22. The number of benzene rings is 1. The van der Waals surface area contributed by atoms with Gasteiger partial charge in [-0.15, -0.1) is 12.4 Å². The molecule has 24 heavy (non-hydrogen) atoms. The van der Waals surface area contributed by atoms with Crippen LogP contribution in [0.1, 0.15) is 27.3 Å². The summed E-state index contributed by atoms with van der Waals surface area (Å²) < 4.78 is 0. The van der Waals surface area contributed by atoms with Gasteiger partial charge in [-0.25, -0.2) is 0 Å². The number of fused-ring (bicyclic) bond motifs is 2. The minimum atomic E-state index is -0.443. The van der Waals surface area contributed by atoms with Crippen LogP contribution in [-0.4, -0.2) is 34.1 Å². The highest BCUT2D eigenvalue weighted by Crippen LogP contribution is 2.33. The van der Waals surface area contributed by atoms with E-state index in [4.69, 9.17) is 0 Å². The molecule has 9 heteroatoms. The van der Waals surface area contributed by atoms with Gasteiger partial charge in [0.25, 0.3) is 11.6 Å². The van der Waals surface area contributed by atoms with E-state index in [-0.39, 0.29) is 24.0 Å². The highest BCUT2D eigenvalue weighted by molar-refractivity contribution is 6.07. The SMILES string of the molecule is Cl.O=C(c1n[nH]c2c1CNCC2)N1CCc2ccc([N+](=O)[O-])cc21. The monoisotopic (exact) mass is 349 g/mol. The third-order valence-electron chi connectivity index (χ3n) is 4.43. The Morgan fingerprint density at radius 3 is 2.96 bits per heavy atom. The number of nitro groups is 1. The smallest absolute Gasteiger partial charge is 0.279 e. The van der Waals surface area contributed by atoms with E-state index in [0.717, 1.165) is 29.8 Å². The highest BCUT2D eigenvalue weighted by atomic mass is 35.5. The molecule has 0 unspecified atom stereocenters. The Balaban J connectivity index is 0.00000169. The predicted octanol–water partition coefficient (Wildman–Crippen LogP) is 1.59. The van der Waals surface area contributed by atoms with Crippen LogP contribution >= 0.6 is 12.4 Å². The molecule has 0 atom stereocenters. The number of hydrogen-bond acceptors (Lipinski definition) is 5. The maximum absolute atomic E-state index is 12.9. The number of anilines is 1. The molecule has 2 aliphatic rings. The van der Waals surface area contributed by atoms with Crippen molar-refractivity contribution in [3.8, 4) is 0 Å². The lowest BCUT2D eigenvalue weighted by Gasteiger charge is -2.18. The first kappa shape index (κ1) is 16.4. The zero-order chi connectivity index (χ0) is 16.0. The number of aromatic nitrogens is 2. The molecule has 0 spiro atoms. The number of hydrogen-bond donors (Lipinski definition) is 2. The Kier molecular flexibility index (Phi) is 4.25. The van der Waals surface area contributed by atoms with Crippen LogP contribution < -0.4 is 10.2 Å². The molecule has 4 rings (SSSR count). The predicted molar refractivity (Wildman–Crippen MR) is 89.7 cm³/mol. The van der Waals surface area contributed by atoms with Crippen molar-refractivity contribution in [2.75, 3.05) is 18.0 Å². The zero-order valence-electron chi connectivity index (χ0n) is 12.7. The molecule has 0 aliphatic carbocycles. The number of non-ortho nitro benzene ring substituents is 1. The normalized spacial score (nSPS) is 15.4. The van der Waals surface area contributed by atoms with Gasteiger partial charge >= 0.3 is 0 Å². The first-order valence-electron chi connectivity index (χ1n) is 7.51. The lowest BCUT2D eigenvalue weighted by atomic mass is 10.1. The Labute approximate surface area is 143 Å². The van der Waals surface area contributed by atoms with Gasteiger partial charge in [0.05, 0.1) is 10.6 Å². The van der Waals surface area contributed by atoms with Gasteiger partial charge < -0.3 is 10.2 Å². The minimum Gasteiger partial charge on any atom is -0.312 e. The number of nitrogens with zero attached hydrogens (tertiary/aromatic N) is 3. The Morgan fingerprint density at radius 2 is 2.17 bits per heavy atom. The number of aromatic amines is 1. The summed E-state index contributed by atoms with van der Waals surface area (Å²) in [6.45, 7) is 1.99. The Hall–Kier alpha value is -2.45. The van der Waals surface area contributed by atoms with Crippen LogP contribution in [0.15, 0.2) is 18.2 Å². The summed E-state index contributed by atoms with van der Waals surface area (Å²) in [5.41, 5.74) is 3.86. The average Bonchev–Trinajstić information content (AvgIpc) is 3.17. The van der Waals surface area contributed by atoms with Crippen LogP contribution in [0.2, 0.25) is 0 Å². The lowest BCUT2D eigenvalue weighted by molar-refractivity contribution is -0.384. The fourth-order valence-electron chi connectivity index (χ4n) is 3.22. The van der Waals surface area contributed by atoms with Gasteiger partial charge in [-0.05, 0) is 12.0 Å². The summed E-state index contributed by atoms with van der Waals surface area (Å²) >= 11 is 0. The van der Waals surface area contributed by atoms with E-state index in [1.807, 2.05) is 0 Å². The van der Waals surface area contributed by atoms with Gasteiger partial charge in [0.15, 0.2) is 5.69 Å². The van der Waals surface area contributed by atoms with E-state index in [9.17, 15) is 14.9 Å². The molecule has 0 saturated carbocycles. The van der Waals surface area contributed by atoms with E-state index in [2.05, 4.69) is 15.5 Å². The van der Waals surface area contributed by atoms with Crippen LogP contribution in [0.5, 0.6) is 0 Å². The number of carbonyl (C=O) groups excluding carboxylic acids is 1. The molecule has 1 amide bonds. The van der Waals surface area contributed by atoms with Crippen molar-refractivity contribution < 1.29 is 9.72 Å². The molecule has 0 bridgehead atoms. The molecule has 2 aromatic rings. The van der Waals surface area contributed by atoms with Crippen molar-refractivity contribution in [3.05, 3.63) is 50.8 Å². The molecule has 3 heterocycles. The van der Waals surface area contributed by atoms with Gasteiger partial charge in [-0.1, -0.05) is 6.07 Å². The Morgan fingerprint density at radius 1 is 1.33 bits per heavy atom. The summed E-state index contributed by atoms with van der Waals surface area (Å²) in [5, 5.41) is 21.3. The average molecular weight is 350 g/mol. The van der Waals surface area contributed by atoms with Crippen LogP contribution in [0, 0.1) is 10.1 Å². The minimum absolute atomic E-state index is 0. The van der Waals surface area contributed by atoms with Crippen LogP contribution in [0.3, 0.4) is 0 Å². The molecule has 1 aromatic heterocycles. The highest BCUT2D eigenvalue weighted by Gasteiger charge is 2.31. The number of halogens is 1. The van der Waals surface area contributed by atoms with Gasteiger partial charge in [-0.2, -0.15) is 5.10 Å². The molecular formula is C15H16ClN5O3. The third kappa shape index (κ3) is 2.53. The molecular weight excluding hydrogens is 334 g/mol. The Bertz CT molecular complexity index is 819. The lowest BCUT2D eigenvalue weighted by Crippen LogP contribution is -2.31. The van der Waals surface area contributed by atoms with Crippen molar-refractivity contribution >= 4 is 29.7 Å². The van der Waals surface area contributed by atoms with Crippen molar-refractivity contribution in [1.82, 2.24) is 15.5 Å². The zero-order valence-corrected chi connectivity index (χ0v) is 13.6. The number of rotatable bonds is 2. The summed E-state index contributed by atoms with van der Waals surface area (Å²) in [6.07, 6.45) is 1.52. The van der Waals surface area contributed by atoms with Crippen molar-refractivity contribution in [2.24, 2.45) is 0 Å².